The van der Waals surface area contributed by atoms with E-state index >= 15 is 0 Å². The third-order valence-electron chi connectivity index (χ3n) is 1.94. The van der Waals surface area contributed by atoms with Crippen molar-refractivity contribution in [3.8, 4) is 11.5 Å². The van der Waals surface area contributed by atoms with Crippen LogP contribution in [0.5, 0.6) is 11.5 Å². The summed E-state index contributed by atoms with van der Waals surface area (Å²) in [6, 6.07) is 13.6. The molecule has 0 unspecified atom stereocenters. The summed E-state index contributed by atoms with van der Waals surface area (Å²) in [6.45, 7) is 1.87. The Morgan fingerprint density at radius 1 is 0.875 bits per heavy atom. The van der Waals surface area contributed by atoms with E-state index in [1.54, 1.807) is 30.3 Å². The lowest BCUT2D eigenvalue weighted by Gasteiger charge is -1.92. The fourth-order valence-corrected chi connectivity index (χ4v) is 1.13. The standard InChI is InChI=1S/C7H8O.C6H5ClO/c1-6-4-2-3-5-7(6)8;7-5-1-3-6(8)4-2-5/h2-5,8H,1H3;1-4,8H. The molecule has 0 aliphatic rings. The van der Waals surface area contributed by atoms with Crippen molar-refractivity contribution in [1.82, 2.24) is 0 Å². The van der Waals surface area contributed by atoms with Crippen molar-refractivity contribution in [2.45, 2.75) is 6.92 Å². The van der Waals surface area contributed by atoms with Crippen LogP contribution >= 0.6 is 11.6 Å². The molecule has 2 aromatic carbocycles. The molecule has 2 nitrogen and oxygen atoms in total. The third-order valence-corrected chi connectivity index (χ3v) is 2.19. The Labute approximate surface area is 99.8 Å². The monoisotopic (exact) mass is 236 g/mol. The molecule has 0 bridgehead atoms. The van der Waals surface area contributed by atoms with E-state index in [0.29, 0.717) is 10.8 Å². The van der Waals surface area contributed by atoms with Crippen LogP contribution in [0.15, 0.2) is 48.5 Å². The third kappa shape index (κ3) is 4.24. The number of phenolic OH excluding ortho intramolecular Hbond substituents is 2. The van der Waals surface area contributed by atoms with Gasteiger partial charge in [0.25, 0.3) is 0 Å². The Morgan fingerprint density at radius 3 is 1.81 bits per heavy atom. The summed E-state index contributed by atoms with van der Waals surface area (Å²) in [4.78, 5) is 0. The van der Waals surface area contributed by atoms with E-state index in [9.17, 15) is 0 Å². The zero-order chi connectivity index (χ0) is 12.0. The molecule has 0 radical (unpaired) electrons. The van der Waals surface area contributed by atoms with Crippen molar-refractivity contribution in [2.75, 3.05) is 0 Å². The molecule has 0 heterocycles. The van der Waals surface area contributed by atoms with Gasteiger partial charge in [-0.1, -0.05) is 29.8 Å². The van der Waals surface area contributed by atoms with Crippen LogP contribution in [-0.2, 0) is 0 Å². The maximum Gasteiger partial charge on any atom is 0.118 e. The molecule has 0 saturated heterocycles. The Morgan fingerprint density at radius 2 is 1.44 bits per heavy atom. The minimum atomic E-state index is 0.245. The van der Waals surface area contributed by atoms with Gasteiger partial charge in [0.15, 0.2) is 0 Å². The first-order valence-corrected chi connectivity index (χ1v) is 5.16. The van der Waals surface area contributed by atoms with Gasteiger partial charge in [0.1, 0.15) is 11.5 Å². The highest BCUT2D eigenvalue weighted by Gasteiger charge is 1.87. The van der Waals surface area contributed by atoms with Crippen LogP contribution in [0.3, 0.4) is 0 Å². The molecule has 0 aliphatic heterocycles. The second-order valence-corrected chi connectivity index (χ2v) is 3.70. The van der Waals surface area contributed by atoms with Gasteiger partial charge in [0.05, 0.1) is 0 Å². The summed E-state index contributed by atoms with van der Waals surface area (Å²) in [5.74, 6) is 0.613. The van der Waals surface area contributed by atoms with Crippen molar-refractivity contribution in [1.29, 1.82) is 0 Å². The fourth-order valence-electron chi connectivity index (χ4n) is 1.00. The Balaban J connectivity index is 0.000000160. The molecule has 0 spiro atoms. The summed E-state index contributed by atoms with van der Waals surface area (Å²) < 4.78 is 0. The predicted octanol–water partition coefficient (Wildman–Crippen LogP) is 3.75. The summed E-state index contributed by atoms with van der Waals surface area (Å²) in [7, 11) is 0. The lowest BCUT2D eigenvalue weighted by atomic mass is 10.2. The van der Waals surface area contributed by atoms with E-state index in [1.807, 2.05) is 25.1 Å². The second-order valence-electron chi connectivity index (χ2n) is 3.26. The van der Waals surface area contributed by atoms with Gasteiger partial charge >= 0.3 is 0 Å². The molecule has 0 fully saturated rings. The van der Waals surface area contributed by atoms with Gasteiger partial charge < -0.3 is 10.2 Å². The van der Waals surface area contributed by atoms with Gasteiger partial charge in [-0.25, -0.2) is 0 Å². The number of hydrogen-bond donors (Lipinski definition) is 2. The quantitative estimate of drug-likeness (QED) is 0.732. The maximum absolute atomic E-state index is 8.92. The number of aromatic hydroxyl groups is 2. The van der Waals surface area contributed by atoms with Crippen molar-refractivity contribution < 1.29 is 10.2 Å². The molecule has 2 aromatic rings. The van der Waals surface area contributed by atoms with Crippen LogP contribution < -0.4 is 0 Å². The molecule has 0 amide bonds. The van der Waals surface area contributed by atoms with Crippen molar-refractivity contribution in [2.24, 2.45) is 0 Å². The molecule has 2 rings (SSSR count). The molecule has 84 valence electrons. The lowest BCUT2D eigenvalue weighted by molar-refractivity contribution is 0.471. The summed E-state index contributed by atoms with van der Waals surface area (Å²) >= 11 is 5.50. The SMILES string of the molecule is Cc1ccccc1O.Oc1ccc(Cl)cc1. The van der Waals surface area contributed by atoms with Gasteiger partial charge in [-0.3, -0.25) is 0 Å². The zero-order valence-electron chi connectivity index (χ0n) is 8.89. The number of benzene rings is 2. The van der Waals surface area contributed by atoms with Crippen LogP contribution in [0.4, 0.5) is 0 Å². The fraction of sp³-hybridized carbons (Fsp3) is 0.0769. The van der Waals surface area contributed by atoms with E-state index in [4.69, 9.17) is 21.8 Å². The Kier molecular flexibility index (Phi) is 4.67. The molecular weight excluding hydrogens is 224 g/mol. The molecular formula is C13H13ClO2. The Hall–Kier alpha value is -1.67. The topological polar surface area (TPSA) is 40.5 Å². The Bertz CT molecular complexity index is 396. The maximum atomic E-state index is 8.92. The summed E-state index contributed by atoms with van der Waals surface area (Å²) in [6.07, 6.45) is 0. The average Bonchev–Trinajstić information content (AvgIpc) is 2.28. The molecule has 3 heteroatoms. The molecule has 0 atom stereocenters. The van der Waals surface area contributed by atoms with Crippen LogP contribution in [0.1, 0.15) is 5.56 Å². The molecule has 2 N–H and O–H groups in total. The van der Waals surface area contributed by atoms with E-state index in [0.717, 1.165) is 5.56 Å². The highest BCUT2D eigenvalue weighted by molar-refractivity contribution is 6.30. The normalized spacial score (nSPS) is 9.12. The van der Waals surface area contributed by atoms with E-state index in [-0.39, 0.29) is 5.75 Å². The first kappa shape index (κ1) is 12.4. The lowest BCUT2D eigenvalue weighted by Crippen LogP contribution is -1.68. The van der Waals surface area contributed by atoms with Crippen LogP contribution in [0, 0.1) is 6.92 Å². The minimum Gasteiger partial charge on any atom is -0.508 e. The zero-order valence-corrected chi connectivity index (χ0v) is 9.65. The summed E-state index contributed by atoms with van der Waals surface area (Å²) in [5.41, 5.74) is 0.924. The van der Waals surface area contributed by atoms with E-state index in [2.05, 4.69) is 0 Å². The van der Waals surface area contributed by atoms with E-state index in [1.165, 1.54) is 0 Å². The average molecular weight is 237 g/mol. The smallest absolute Gasteiger partial charge is 0.118 e. The number of aryl methyl sites for hydroxylation is 1. The van der Waals surface area contributed by atoms with Crippen molar-refractivity contribution >= 4 is 11.6 Å². The number of phenols is 2. The van der Waals surface area contributed by atoms with Crippen LogP contribution in [0.25, 0.3) is 0 Å². The molecule has 0 aromatic heterocycles. The van der Waals surface area contributed by atoms with E-state index < -0.39 is 0 Å². The highest BCUT2D eigenvalue weighted by atomic mass is 35.5. The predicted molar refractivity (Wildman–Crippen MR) is 66.0 cm³/mol. The second kappa shape index (κ2) is 6.03. The molecule has 0 saturated carbocycles. The number of halogens is 1. The van der Waals surface area contributed by atoms with Gasteiger partial charge in [0.2, 0.25) is 0 Å². The first-order chi connectivity index (χ1) is 7.59. The molecule has 16 heavy (non-hydrogen) atoms. The molecule has 0 aliphatic carbocycles. The number of para-hydroxylation sites is 1. The largest absolute Gasteiger partial charge is 0.508 e. The van der Waals surface area contributed by atoms with Crippen molar-refractivity contribution in [3.05, 3.63) is 59.1 Å². The van der Waals surface area contributed by atoms with Gasteiger partial charge in [-0.15, -0.1) is 0 Å². The number of rotatable bonds is 0. The van der Waals surface area contributed by atoms with Crippen molar-refractivity contribution in [3.63, 3.8) is 0 Å². The van der Waals surface area contributed by atoms with Gasteiger partial charge in [0, 0.05) is 5.02 Å². The van der Waals surface area contributed by atoms with Crippen LogP contribution in [-0.4, -0.2) is 10.2 Å². The first-order valence-electron chi connectivity index (χ1n) is 4.78. The minimum absolute atomic E-state index is 0.245. The van der Waals surface area contributed by atoms with Gasteiger partial charge in [-0.2, -0.15) is 0 Å². The van der Waals surface area contributed by atoms with Gasteiger partial charge in [-0.05, 0) is 42.8 Å². The summed E-state index contributed by atoms with van der Waals surface area (Å²) in [5, 5.41) is 18.3. The number of hydrogen-bond acceptors (Lipinski definition) is 2. The highest BCUT2D eigenvalue weighted by Crippen LogP contribution is 2.13. The van der Waals surface area contributed by atoms with Crippen LogP contribution in [0.2, 0.25) is 5.02 Å².